The van der Waals surface area contributed by atoms with Gasteiger partial charge in [-0.05, 0) is 39.7 Å². The maximum absolute atomic E-state index is 12.6. The van der Waals surface area contributed by atoms with E-state index in [1.54, 1.807) is 6.92 Å². The SMILES string of the molecule is CC(F)CCN1CCCCC1C. The van der Waals surface area contributed by atoms with Gasteiger partial charge >= 0.3 is 0 Å². The van der Waals surface area contributed by atoms with Crippen molar-refractivity contribution in [2.75, 3.05) is 13.1 Å². The third kappa shape index (κ3) is 3.10. The Balaban J connectivity index is 2.20. The van der Waals surface area contributed by atoms with Crippen molar-refractivity contribution in [3.63, 3.8) is 0 Å². The van der Waals surface area contributed by atoms with Gasteiger partial charge < -0.3 is 4.90 Å². The first kappa shape index (κ1) is 9.97. The van der Waals surface area contributed by atoms with Gasteiger partial charge in [-0.1, -0.05) is 6.42 Å². The lowest BCUT2D eigenvalue weighted by Gasteiger charge is -2.33. The van der Waals surface area contributed by atoms with Crippen LogP contribution in [0.2, 0.25) is 0 Å². The summed E-state index contributed by atoms with van der Waals surface area (Å²) in [5.74, 6) is 0. The second-order valence-corrected chi connectivity index (χ2v) is 3.95. The first-order valence-electron chi connectivity index (χ1n) is 5.08. The van der Waals surface area contributed by atoms with Crippen LogP contribution in [0.5, 0.6) is 0 Å². The summed E-state index contributed by atoms with van der Waals surface area (Å²) in [6, 6.07) is 0.678. The van der Waals surface area contributed by atoms with Crippen molar-refractivity contribution in [2.24, 2.45) is 0 Å². The molecular formula is C10H20FN. The second-order valence-electron chi connectivity index (χ2n) is 3.95. The number of likely N-dealkylation sites (tertiary alicyclic amines) is 1. The van der Waals surface area contributed by atoms with E-state index in [0.29, 0.717) is 12.5 Å². The molecule has 2 atom stereocenters. The van der Waals surface area contributed by atoms with Crippen LogP contribution in [0.25, 0.3) is 0 Å². The summed E-state index contributed by atoms with van der Waals surface area (Å²) < 4.78 is 12.6. The maximum Gasteiger partial charge on any atom is 0.0985 e. The van der Waals surface area contributed by atoms with E-state index in [4.69, 9.17) is 0 Å². The van der Waals surface area contributed by atoms with Crippen LogP contribution in [0.3, 0.4) is 0 Å². The van der Waals surface area contributed by atoms with Crippen LogP contribution in [0.15, 0.2) is 0 Å². The number of nitrogens with zero attached hydrogens (tertiary/aromatic N) is 1. The Kier molecular flexibility index (Phi) is 3.99. The molecule has 1 nitrogen and oxygen atoms in total. The van der Waals surface area contributed by atoms with Gasteiger partial charge in [-0.15, -0.1) is 0 Å². The molecule has 0 aromatic heterocycles. The molecule has 0 saturated carbocycles. The number of piperidine rings is 1. The Morgan fingerprint density at radius 1 is 1.50 bits per heavy atom. The summed E-state index contributed by atoms with van der Waals surface area (Å²) in [5.41, 5.74) is 0. The van der Waals surface area contributed by atoms with Gasteiger partial charge in [0.15, 0.2) is 0 Å². The Hall–Kier alpha value is -0.110. The van der Waals surface area contributed by atoms with E-state index in [2.05, 4.69) is 11.8 Å². The fraction of sp³-hybridized carbons (Fsp3) is 1.00. The molecular weight excluding hydrogens is 153 g/mol. The molecule has 1 aliphatic heterocycles. The van der Waals surface area contributed by atoms with E-state index in [0.717, 1.165) is 6.54 Å². The Labute approximate surface area is 74.9 Å². The molecule has 1 rings (SSSR count). The number of hydrogen-bond donors (Lipinski definition) is 0. The molecule has 72 valence electrons. The molecule has 0 bridgehead atoms. The third-order valence-corrected chi connectivity index (χ3v) is 2.75. The first-order chi connectivity index (χ1) is 5.70. The maximum atomic E-state index is 12.6. The van der Waals surface area contributed by atoms with Crippen LogP contribution in [0, 0.1) is 0 Å². The van der Waals surface area contributed by atoms with Gasteiger partial charge in [0, 0.05) is 12.6 Å². The number of rotatable bonds is 3. The number of hydrogen-bond acceptors (Lipinski definition) is 1. The van der Waals surface area contributed by atoms with Gasteiger partial charge in [0.05, 0.1) is 6.17 Å². The molecule has 0 N–H and O–H groups in total. The van der Waals surface area contributed by atoms with Crippen LogP contribution in [-0.4, -0.2) is 30.2 Å². The summed E-state index contributed by atoms with van der Waals surface area (Å²) in [5, 5.41) is 0. The smallest absolute Gasteiger partial charge is 0.0985 e. The minimum Gasteiger partial charge on any atom is -0.301 e. The monoisotopic (exact) mass is 173 g/mol. The molecule has 1 heterocycles. The molecule has 12 heavy (non-hydrogen) atoms. The van der Waals surface area contributed by atoms with Crippen LogP contribution < -0.4 is 0 Å². The van der Waals surface area contributed by atoms with Crippen molar-refractivity contribution < 1.29 is 4.39 Å². The van der Waals surface area contributed by atoms with Gasteiger partial charge in [0.25, 0.3) is 0 Å². The average molecular weight is 173 g/mol. The lowest BCUT2D eigenvalue weighted by Crippen LogP contribution is -2.38. The third-order valence-electron chi connectivity index (χ3n) is 2.75. The molecule has 0 aromatic carbocycles. The number of alkyl halides is 1. The zero-order chi connectivity index (χ0) is 8.97. The predicted octanol–water partition coefficient (Wildman–Crippen LogP) is 2.61. The minimum atomic E-state index is -0.640. The highest BCUT2D eigenvalue weighted by atomic mass is 19.1. The summed E-state index contributed by atoms with van der Waals surface area (Å²) >= 11 is 0. The molecule has 2 heteroatoms. The summed E-state index contributed by atoms with van der Waals surface area (Å²) in [6.07, 6.45) is 4.00. The topological polar surface area (TPSA) is 3.24 Å². The quantitative estimate of drug-likeness (QED) is 0.634. The highest BCUT2D eigenvalue weighted by Crippen LogP contribution is 2.16. The molecule has 1 saturated heterocycles. The Morgan fingerprint density at radius 2 is 2.25 bits per heavy atom. The van der Waals surface area contributed by atoms with E-state index in [9.17, 15) is 4.39 Å². The second kappa shape index (κ2) is 4.80. The van der Waals surface area contributed by atoms with E-state index < -0.39 is 6.17 Å². The van der Waals surface area contributed by atoms with E-state index in [1.807, 2.05) is 0 Å². The molecule has 1 fully saturated rings. The molecule has 0 aromatic rings. The van der Waals surface area contributed by atoms with E-state index >= 15 is 0 Å². The van der Waals surface area contributed by atoms with Crippen molar-refractivity contribution in [3.8, 4) is 0 Å². The van der Waals surface area contributed by atoms with Crippen LogP contribution in [0.1, 0.15) is 39.5 Å². The van der Waals surface area contributed by atoms with Crippen LogP contribution >= 0.6 is 0 Å². The zero-order valence-electron chi connectivity index (χ0n) is 8.22. The summed E-state index contributed by atoms with van der Waals surface area (Å²) in [6.45, 7) is 6.02. The standard InChI is InChI=1S/C10H20FN/c1-9(11)6-8-12-7-4-3-5-10(12)2/h9-10H,3-8H2,1-2H3. The summed E-state index contributed by atoms with van der Waals surface area (Å²) in [7, 11) is 0. The highest BCUT2D eigenvalue weighted by molar-refractivity contribution is 4.73. The molecule has 0 amide bonds. The minimum absolute atomic E-state index is 0.640. The van der Waals surface area contributed by atoms with Crippen molar-refractivity contribution in [3.05, 3.63) is 0 Å². The van der Waals surface area contributed by atoms with E-state index in [1.165, 1.54) is 25.8 Å². The van der Waals surface area contributed by atoms with E-state index in [-0.39, 0.29) is 0 Å². The normalized spacial score (nSPS) is 28.8. The van der Waals surface area contributed by atoms with Crippen LogP contribution in [0.4, 0.5) is 4.39 Å². The first-order valence-corrected chi connectivity index (χ1v) is 5.08. The fourth-order valence-electron chi connectivity index (χ4n) is 1.83. The lowest BCUT2D eigenvalue weighted by atomic mass is 10.0. The van der Waals surface area contributed by atoms with Gasteiger partial charge in [0.2, 0.25) is 0 Å². The van der Waals surface area contributed by atoms with Gasteiger partial charge in [0.1, 0.15) is 0 Å². The van der Waals surface area contributed by atoms with Crippen molar-refractivity contribution in [1.82, 2.24) is 4.90 Å². The Bertz CT molecular complexity index is 125. The lowest BCUT2D eigenvalue weighted by molar-refractivity contribution is 0.145. The van der Waals surface area contributed by atoms with Gasteiger partial charge in [-0.25, -0.2) is 4.39 Å². The number of halogens is 1. The molecule has 0 spiro atoms. The highest BCUT2D eigenvalue weighted by Gasteiger charge is 2.17. The van der Waals surface area contributed by atoms with Gasteiger partial charge in [-0.2, -0.15) is 0 Å². The molecule has 2 unspecified atom stereocenters. The van der Waals surface area contributed by atoms with Crippen molar-refractivity contribution in [2.45, 2.75) is 51.7 Å². The Morgan fingerprint density at radius 3 is 2.83 bits per heavy atom. The molecule has 1 aliphatic rings. The molecule has 0 radical (unpaired) electrons. The molecule has 0 aliphatic carbocycles. The average Bonchev–Trinajstić information content (AvgIpc) is 2.03. The largest absolute Gasteiger partial charge is 0.301 e. The van der Waals surface area contributed by atoms with Crippen LogP contribution in [-0.2, 0) is 0 Å². The summed E-state index contributed by atoms with van der Waals surface area (Å²) in [4.78, 5) is 2.42. The zero-order valence-corrected chi connectivity index (χ0v) is 8.22. The van der Waals surface area contributed by atoms with Crippen molar-refractivity contribution in [1.29, 1.82) is 0 Å². The fourth-order valence-corrected chi connectivity index (χ4v) is 1.83. The van der Waals surface area contributed by atoms with Crippen molar-refractivity contribution >= 4 is 0 Å². The van der Waals surface area contributed by atoms with Gasteiger partial charge in [-0.3, -0.25) is 0 Å². The predicted molar refractivity (Wildman–Crippen MR) is 50.1 cm³/mol.